The zero-order valence-corrected chi connectivity index (χ0v) is 25.0. The van der Waals surface area contributed by atoms with E-state index in [1.165, 1.54) is 24.8 Å². The Morgan fingerprint density at radius 2 is 1.66 bits per heavy atom. The van der Waals surface area contributed by atoms with Gasteiger partial charge in [-0.3, -0.25) is 14.4 Å². The highest BCUT2D eigenvalue weighted by Gasteiger charge is 2.72. The molecule has 0 aromatic rings. The number of allylic oxidation sites excluding steroid dienone is 2. The molecule has 212 valence electrons. The fourth-order valence-electron chi connectivity index (χ4n) is 11.1. The van der Waals surface area contributed by atoms with Crippen LogP contribution in [-0.2, 0) is 19.1 Å². The maximum atomic E-state index is 14.4. The lowest BCUT2D eigenvalue weighted by Gasteiger charge is -2.70. The molecule has 4 saturated carbocycles. The Labute approximate surface area is 229 Å². The topological polar surface area (TPSA) is 80.7 Å². The van der Waals surface area contributed by atoms with Crippen molar-refractivity contribution in [2.45, 2.75) is 119 Å². The molecule has 0 radical (unpaired) electrons. The maximum Gasteiger partial charge on any atom is 0.313 e. The number of hydrogen-bond donors (Lipinski definition) is 1. The zero-order chi connectivity index (χ0) is 28.1. The van der Waals surface area contributed by atoms with E-state index in [-0.39, 0.29) is 46.3 Å². The lowest BCUT2D eigenvalue weighted by molar-refractivity contribution is -0.221. The summed E-state index contributed by atoms with van der Waals surface area (Å²) in [6.45, 7) is 17.8. The highest BCUT2D eigenvalue weighted by atomic mass is 16.5. The van der Waals surface area contributed by atoms with Crippen LogP contribution >= 0.6 is 0 Å². The van der Waals surface area contributed by atoms with Crippen molar-refractivity contribution in [1.82, 2.24) is 0 Å². The van der Waals surface area contributed by atoms with Gasteiger partial charge < -0.3 is 9.84 Å². The number of fused-ring (bicyclic) bond motifs is 7. The van der Waals surface area contributed by atoms with Gasteiger partial charge in [0.25, 0.3) is 0 Å². The van der Waals surface area contributed by atoms with Gasteiger partial charge in [0.15, 0.2) is 5.78 Å². The van der Waals surface area contributed by atoms with Gasteiger partial charge in [0.05, 0.1) is 0 Å². The number of esters is 1. The van der Waals surface area contributed by atoms with Crippen LogP contribution in [0.4, 0.5) is 0 Å². The van der Waals surface area contributed by atoms with Crippen molar-refractivity contribution in [1.29, 1.82) is 0 Å². The van der Waals surface area contributed by atoms with Crippen LogP contribution in [0.25, 0.3) is 0 Å². The van der Waals surface area contributed by atoms with Crippen molar-refractivity contribution in [3.8, 4) is 0 Å². The lowest BCUT2D eigenvalue weighted by atomic mass is 9.33. The number of hydrogen-bond acceptors (Lipinski definition) is 4. The van der Waals surface area contributed by atoms with E-state index in [4.69, 9.17) is 4.74 Å². The number of carbonyl (C=O) groups is 3. The molecular weight excluding hydrogens is 476 g/mol. The molecule has 0 aromatic heterocycles. The Morgan fingerprint density at radius 1 is 0.974 bits per heavy atom. The molecule has 38 heavy (non-hydrogen) atoms. The highest BCUT2D eigenvalue weighted by molar-refractivity contribution is 5.96. The van der Waals surface area contributed by atoms with E-state index in [0.717, 1.165) is 19.3 Å². The summed E-state index contributed by atoms with van der Waals surface area (Å²) in [7, 11) is 0. The molecule has 5 heteroatoms. The molecule has 11 atom stereocenters. The molecule has 5 aliphatic carbocycles. The molecule has 4 fully saturated rings. The molecule has 0 amide bonds. The SMILES string of the molecule is CCC(=O)O[C@@H]1CC[C@@]2(C)C(CC[C@]3(C)C2C(=O)C=C2C4[C@@H](C)[C@H](C)CC[C@]4(C)CC[C@]23C)[C@@]1(C)C(=O)O. The molecule has 5 aliphatic rings. The number of aliphatic carboxylic acids is 1. The fraction of sp³-hybridized carbons (Fsp3) is 0.848. The summed E-state index contributed by atoms with van der Waals surface area (Å²) in [5.41, 5.74) is -0.284. The van der Waals surface area contributed by atoms with Gasteiger partial charge in [-0.1, -0.05) is 54.0 Å². The minimum Gasteiger partial charge on any atom is -0.481 e. The van der Waals surface area contributed by atoms with Gasteiger partial charge in [-0.25, -0.2) is 0 Å². The Balaban J connectivity index is 1.60. The first-order valence-electron chi connectivity index (χ1n) is 15.3. The van der Waals surface area contributed by atoms with Gasteiger partial charge in [0, 0.05) is 12.3 Å². The van der Waals surface area contributed by atoms with Gasteiger partial charge in [0.2, 0.25) is 0 Å². The van der Waals surface area contributed by atoms with E-state index >= 15 is 0 Å². The van der Waals surface area contributed by atoms with Crippen LogP contribution in [0.5, 0.6) is 0 Å². The lowest BCUT2D eigenvalue weighted by Crippen LogP contribution is -2.68. The molecule has 5 rings (SSSR count). The number of ketones is 1. The molecule has 5 nitrogen and oxygen atoms in total. The van der Waals surface area contributed by atoms with Gasteiger partial charge in [-0.15, -0.1) is 0 Å². The van der Waals surface area contributed by atoms with E-state index in [9.17, 15) is 19.5 Å². The Bertz CT molecular complexity index is 1080. The summed E-state index contributed by atoms with van der Waals surface area (Å²) < 4.78 is 5.78. The van der Waals surface area contributed by atoms with Gasteiger partial charge in [-0.05, 0) is 110 Å². The average Bonchev–Trinajstić information content (AvgIpc) is 2.84. The summed E-state index contributed by atoms with van der Waals surface area (Å²) in [4.78, 5) is 39.6. The van der Waals surface area contributed by atoms with Crippen molar-refractivity contribution in [3.63, 3.8) is 0 Å². The summed E-state index contributed by atoms with van der Waals surface area (Å²) >= 11 is 0. The van der Waals surface area contributed by atoms with E-state index in [1.54, 1.807) is 13.8 Å². The summed E-state index contributed by atoms with van der Waals surface area (Å²) in [6.07, 6.45) is 9.22. The molecule has 3 unspecified atom stereocenters. The number of carbonyl (C=O) groups excluding carboxylic acids is 2. The van der Waals surface area contributed by atoms with Crippen LogP contribution in [0, 0.1) is 56.7 Å². The van der Waals surface area contributed by atoms with Gasteiger partial charge >= 0.3 is 11.9 Å². The first kappa shape index (κ1) is 27.9. The molecular formula is C33H50O5. The molecule has 0 saturated heterocycles. The van der Waals surface area contributed by atoms with E-state index in [1.807, 2.05) is 0 Å². The quantitative estimate of drug-likeness (QED) is 0.392. The van der Waals surface area contributed by atoms with Crippen LogP contribution < -0.4 is 0 Å². The molecule has 0 aliphatic heterocycles. The predicted octanol–water partition coefficient (Wildman–Crippen LogP) is 7.23. The first-order chi connectivity index (χ1) is 17.6. The van der Waals surface area contributed by atoms with Gasteiger partial charge in [-0.2, -0.15) is 0 Å². The summed E-state index contributed by atoms with van der Waals surface area (Å²) in [5.74, 6) is 0.172. The van der Waals surface area contributed by atoms with Gasteiger partial charge in [0.1, 0.15) is 11.5 Å². The van der Waals surface area contributed by atoms with Crippen LogP contribution in [0.2, 0.25) is 0 Å². The number of rotatable bonds is 3. The van der Waals surface area contributed by atoms with Crippen LogP contribution in [-0.4, -0.2) is 28.9 Å². The smallest absolute Gasteiger partial charge is 0.313 e. The monoisotopic (exact) mass is 526 g/mol. The normalized spacial score (nSPS) is 52.0. The zero-order valence-electron chi connectivity index (χ0n) is 25.0. The summed E-state index contributed by atoms with van der Waals surface area (Å²) in [5, 5.41) is 10.6. The highest BCUT2D eigenvalue weighted by Crippen LogP contribution is 2.75. The van der Waals surface area contributed by atoms with Crippen molar-refractivity contribution in [2.24, 2.45) is 56.7 Å². The Kier molecular flexibility index (Phi) is 6.37. The van der Waals surface area contributed by atoms with Crippen molar-refractivity contribution in [3.05, 3.63) is 11.6 Å². The molecule has 1 N–H and O–H groups in total. The molecule has 0 heterocycles. The van der Waals surface area contributed by atoms with Crippen molar-refractivity contribution < 1.29 is 24.2 Å². The predicted molar refractivity (Wildman–Crippen MR) is 147 cm³/mol. The number of carboxylic acids is 1. The van der Waals surface area contributed by atoms with Crippen LogP contribution in [0.1, 0.15) is 113 Å². The van der Waals surface area contributed by atoms with Crippen LogP contribution in [0.15, 0.2) is 11.6 Å². The average molecular weight is 527 g/mol. The second-order valence-corrected chi connectivity index (χ2v) is 15.2. The third-order valence-electron chi connectivity index (χ3n) is 13.8. The fourth-order valence-corrected chi connectivity index (χ4v) is 11.1. The minimum absolute atomic E-state index is 0.0692. The first-order valence-corrected chi connectivity index (χ1v) is 15.3. The summed E-state index contributed by atoms with van der Waals surface area (Å²) in [6, 6.07) is 0. The number of carboxylic acid groups (broad SMARTS) is 1. The Morgan fingerprint density at radius 3 is 2.29 bits per heavy atom. The van der Waals surface area contributed by atoms with Crippen molar-refractivity contribution >= 4 is 17.7 Å². The van der Waals surface area contributed by atoms with E-state index in [0.29, 0.717) is 30.6 Å². The largest absolute Gasteiger partial charge is 0.481 e. The van der Waals surface area contributed by atoms with E-state index < -0.39 is 22.9 Å². The minimum atomic E-state index is -1.21. The third kappa shape index (κ3) is 3.38. The molecule has 0 spiro atoms. The maximum absolute atomic E-state index is 14.4. The molecule has 0 bridgehead atoms. The second kappa shape index (κ2) is 8.67. The number of ether oxygens (including phenoxy) is 1. The second-order valence-electron chi connectivity index (χ2n) is 15.2. The Hall–Kier alpha value is -1.65. The molecule has 0 aromatic carbocycles. The van der Waals surface area contributed by atoms with E-state index in [2.05, 4.69) is 47.6 Å². The van der Waals surface area contributed by atoms with Crippen LogP contribution in [0.3, 0.4) is 0 Å². The standard InChI is InChI=1S/C33H50O5/c1-9-25(35)38-24-12-14-30(5)23(33(24,8)28(36)37)11-15-32(7)27(30)22(34)18-21-26-20(3)19(2)10-13-29(26,4)16-17-31(21,32)6/h18-20,23-24,26-27H,9-17H2,1-8H3,(H,36,37)/t19-,20+,23?,24-,26?,27?,29-,30+,31-,32-,33-/m1/s1. The van der Waals surface area contributed by atoms with Crippen molar-refractivity contribution in [2.75, 3.05) is 0 Å². The third-order valence-corrected chi connectivity index (χ3v) is 13.8.